The van der Waals surface area contributed by atoms with Gasteiger partial charge < -0.3 is 9.84 Å². The summed E-state index contributed by atoms with van der Waals surface area (Å²) in [5.41, 5.74) is 0.648. The number of carboxylic acid groups (broad SMARTS) is 1. The molecule has 0 fully saturated rings. The van der Waals surface area contributed by atoms with Gasteiger partial charge in [0, 0.05) is 0 Å². The van der Waals surface area contributed by atoms with Crippen molar-refractivity contribution in [2.45, 2.75) is 6.92 Å². The van der Waals surface area contributed by atoms with Gasteiger partial charge in [-0.05, 0) is 35.9 Å². The van der Waals surface area contributed by atoms with E-state index in [0.717, 1.165) is 0 Å². The number of hydrogen-bond acceptors (Lipinski definition) is 3. The summed E-state index contributed by atoms with van der Waals surface area (Å²) in [6.45, 7) is 2.05. The van der Waals surface area contributed by atoms with Crippen LogP contribution in [0.2, 0.25) is 0 Å². The fourth-order valence-corrected chi connectivity index (χ4v) is 1.80. The van der Waals surface area contributed by atoms with Crippen LogP contribution in [0.5, 0.6) is 0 Å². The molecule has 0 unspecified atom stereocenters. The Morgan fingerprint density at radius 2 is 2.00 bits per heavy atom. The minimum absolute atomic E-state index is 0.198. The number of hydrogen-bond donors (Lipinski definition) is 1. The highest BCUT2D eigenvalue weighted by Gasteiger charge is 2.12. The third-order valence-corrected chi connectivity index (χ3v) is 2.62. The Kier molecular flexibility index (Phi) is 3.28. The van der Waals surface area contributed by atoms with Crippen molar-refractivity contribution < 1.29 is 19.4 Å². The van der Waals surface area contributed by atoms with Crippen LogP contribution in [0.25, 0.3) is 10.8 Å². The van der Waals surface area contributed by atoms with E-state index in [1.54, 1.807) is 37.3 Å². The van der Waals surface area contributed by atoms with Crippen LogP contribution in [-0.4, -0.2) is 23.7 Å². The molecule has 0 atom stereocenters. The summed E-state index contributed by atoms with van der Waals surface area (Å²) < 4.78 is 4.96. The molecule has 2 aromatic carbocycles. The van der Waals surface area contributed by atoms with E-state index in [4.69, 9.17) is 9.84 Å². The maximum absolute atomic E-state index is 11.7. The second-order valence-electron chi connectivity index (χ2n) is 3.77. The highest BCUT2D eigenvalue weighted by atomic mass is 16.5. The molecule has 4 heteroatoms. The molecule has 0 aromatic heterocycles. The van der Waals surface area contributed by atoms with Crippen molar-refractivity contribution in [2.75, 3.05) is 6.61 Å². The Labute approximate surface area is 104 Å². The van der Waals surface area contributed by atoms with Gasteiger partial charge in [0.25, 0.3) is 0 Å². The van der Waals surface area contributed by atoms with E-state index in [1.165, 1.54) is 6.07 Å². The highest BCUT2D eigenvalue weighted by molar-refractivity contribution is 6.06. The summed E-state index contributed by atoms with van der Waals surface area (Å²) in [7, 11) is 0. The maximum atomic E-state index is 11.7. The molecule has 0 saturated carbocycles. The minimum atomic E-state index is -0.988. The van der Waals surface area contributed by atoms with E-state index in [2.05, 4.69) is 0 Å². The normalized spacial score (nSPS) is 10.3. The molecule has 2 aromatic rings. The monoisotopic (exact) mass is 244 g/mol. The first-order chi connectivity index (χ1) is 8.63. The number of ether oxygens (including phenoxy) is 1. The first-order valence-corrected chi connectivity index (χ1v) is 5.56. The van der Waals surface area contributed by atoms with Crippen LogP contribution in [0.4, 0.5) is 0 Å². The molecule has 0 saturated heterocycles. The summed E-state index contributed by atoms with van der Waals surface area (Å²) in [4.78, 5) is 22.6. The first kappa shape index (κ1) is 12.1. The number of carbonyl (C=O) groups is 2. The zero-order valence-corrected chi connectivity index (χ0v) is 9.84. The fourth-order valence-electron chi connectivity index (χ4n) is 1.80. The molecule has 1 N–H and O–H groups in total. The Balaban J connectivity index is 2.57. The lowest BCUT2D eigenvalue weighted by atomic mass is 10.0. The summed E-state index contributed by atoms with van der Waals surface area (Å²) >= 11 is 0. The minimum Gasteiger partial charge on any atom is -0.478 e. The molecule has 0 radical (unpaired) electrons. The van der Waals surface area contributed by atoms with Crippen molar-refractivity contribution >= 4 is 22.7 Å². The van der Waals surface area contributed by atoms with Crippen LogP contribution in [-0.2, 0) is 4.74 Å². The van der Waals surface area contributed by atoms with Crippen molar-refractivity contribution in [3.8, 4) is 0 Å². The van der Waals surface area contributed by atoms with Crippen molar-refractivity contribution in [3.63, 3.8) is 0 Å². The molecule has 0 aliphatic carbocycles. The van der Waals surface area contributed by atoms with Gasteiger partial charge in [-0.3, -0.25) is 0 Å². The van der Waals surface area contributed by atoms with E-state index in [0.29, 0.717) is 22.9 Å². The van der Waals surface area contributed by atoms with Crippen molar-refractivity contribution in [1.29, 1.82) is 0 Å². The number of carboxylic acids is 1. The maximum Gasteiger partial charge on any atom is 0.338 e. The van der Waals surface area contributed by atoms with Gasteiger partial charge >= 0.3 is 11.9 Å². The molecule has 0 aliphatic heterocycles. The van der Waals surface area contributed by atoms with E-state index < -0.39 is 11.9 Å². The number of carbonyl (C=O) groups excluding carboxylic acids is 1. The van der Waals surface area contributed by atoms with Crippen LogP contribution < -0.4 is 0 Å². The Morgan fingerprint density at radius 3 is 2.67 bits per heavy atom. The number of aromatic carboxylic acids is 1. The van der Waals surface area contributed by atoms with Gasteiger partial charge in [-0.2, -0.15) is 0 Å². The van der Waals surface area contributed by atoms with Gasteiger partial charge in [-0.1, -0.05) is 18.2 Å². The first-order valence-electron chi connectivity index (χ1n) is 5.56. The third-order valence-electron chi connectivity index (χ3n) is 2.62. The second-order valence-corrected chi connectivity index (χ2v) is 3.77. The quantitative estimate of drug-likeness (QED) is 0.843. The smallest absolute Gasteiger partial charge is 0.338 e. The van der Waals surface area contributed by atoms with Gasteiger partial charge in [0.05, 0.1) is 17.7 Å². The molecule has 18 heavy (non-hydrogen) atoms. The van der Waals surface area contributed by atoms with E-state index >= 15 is 0 Å². The molecule has 0 heterocycles. The average Bonchev–Trinajstić information content (AvgIpc) is 2.37. The Bertz CT molecular complexity index is 616. The second kappa shape index (κ2) is 4.87. The standard InChI is InChI=1S/C14H12O4/c1-2-18-14(17)12-5-3-4-9-8-10(13(15)16)6-7-11(9)12/h3-8H,2H2,1H3,(H,15,16). The van der Waals surface area contributed by atoms with Crippen LogP contribution in [0.1, 0.15) is 27.6 Å². The predicted octanol–water partition coefficient (Wildman–Crippen LogP) is 2.71. The zero-order valence-electron chi connectivity index (χ0n) is 9.84. The van der Waals surface area contributed by atoms with Crippen LogP contribution in [0.3, 0.4) is 0 Å². The van der Waals surface area contributed by atoms with Gasteiger partial charge in [-0.25, -0.2) is 9.59 Å². The summed E-state index contributed by atoms with van der Waals surface area (Å²) in [5.74, 6) is -1.38. The van der Waals surface area contributed by atoms with Gasteiger partial charge in [0.2, 0.25) is 0 Å². The highest BCUT2D eigenvalue weighted by Crippen LogP contribution is 2.21. The lowest BCUT2D eigenvalue weighted by molar-refractivity contribution is 0.0528. The number of fused-ring (bicyclic) bond motifs is 1. The molecular formula is C14H12O4. The Hall–Kier alpha value is -2.36. The van der Waals surface area contributed by atoms with Gasteiger partial charge in [-0.15, -0.1) is 0 Å². The van der Waals surface area contributed by atoms with E-state index in [-0.39, 0.29) is 5.56 Å². The van der Waals surface area contributed by atoms with Crippen LogP contribution in [0, 0.1) is 0 Å². The lowest BCUT2D eigenvalue weighted by Crippen LogP contribution is -2.05. The molecule has 4 nitrogen and oxygen atoms in total. The van der Waals surface area contributed by atoms with Crippen LogP contribution in [0.15, 0.2) is 36.4 Å². The number of rotatable bonds is 3. The third kappa shape index (κ3) is 2.18. The SMILES string of the molecule is CCOC(=O)c1cccc2cc(C(=O)O)ccc12. The van der Waals surface area contributed by atoms with Gasteiger partial charge in [0.15, 0.2) is 0 Å². The molecular weight excluding hydrogens is 232 g/mol. The lowest BCUT2D eigenvalue weighted by Gasteiger charge is -2.06. The summed E-state index contributed by atoms with van der Waals surface area (Å²) in [6.07, 6.45) is 0. The van der Waals surface area contributed by atoms with Crippen LogP contribution >= 0.6 is 0 Å². The van der Waals surface area contributed by atoms with Gasteiger partial charge in [0.1, 0.15) is 0 Å². The number of benzene rings is 2. The van der Waals surface area contributed by atoms with Crippen molar-refractivity contribution in [1.82, 2.24) is 0 Å². The molecule has 0 bridgehead atoms. The topological polar surface area (TPSA) is 63.6 Å². The summed E-state index contributed by atoms with van der Waals surface area (Å²) in [5, 5.41) is 10.3. The Morgan fingerprint density at radius 1 is 1.22 bits per heavy atom. The number of esters is 1. The summed E-state index contributed by atoms with van der Waals surface area (Å²) in [6, 6.07) is 9.80. The molecule has 0 spiro atoms. The molecule has 0 aliphatic rings. The van der Waals surface area contributed by atoms with Crippen molar-refractivity contribution in [2.24, 2.45) is 0 Å². The van der Waals surface area contributed by atoms with E-state index in [1.807, 2.05) is 0 Å². The largest absolute Gasteiger partial charge is 0.478 e. The molecule has 2 rings (SSSR count). The predicted molar refractivity (Wildman–Crippen MR) is 66.9 cm³/mol. The average molecular weight is 244 g/mol. The molecule has 92 valence electrons. The van der Waals surface area contributed by atoms with Crippen molar-refractivity contribution in [3.05, 3.63) is 47.5 Å². The molecule has 0 amide bonds. The fraction of sp³-hybridized carbons (Fsp3) is 0.143. The van der Waals surface area contributed by atoms with E-state index in [9.17, 15) is 9.59 Å². The zero-order chi connectivity index (χ0) is 13.1.